The molecule has 0 aliphatic heterocycles. The van der Waals surface area contributed by atoms with Crippen LogP contribution in [-0.4, -0.2) is 60.0 Å². The van der Waals surface area contributed by atoms with Crippen molar-refractivity contribution in [1.29, 1.82) is 0 Å². The molecule has 8 heteroatoms. The summed E-state index contributed by atoms with van der Waals surface area (Å²) in [6.45, 7) is 15.0. The summed E-state index contributed by atoms with van der Waals surface area (Å²) in [4.78, 5) is 40.2. The molecule has 1 aromatic rings. The zero-order chi connectivity index (χ0) is 27.3. The number of amides is 2. The van der Waals surface area contributed by atoms with Crippen LogP contribution >= 0.6 is 11.6 Å². The van der Waals surface area contributed by atoms with Gasteiger partial charge in [-0.2, -0.15) is 0 Å². The number of nitrogens with one attached hydrogen (secondary N) is 2. The standard InChI is InChI=1S/C27H42ClN3O4/c1-16(2)20(15-17(3)25(34)35)31(10)24(33)22(26(4,5)6)30-23(32)21(29-9)27(7,8)18-11-13-19(28)14-12-18/h11-16,20-22,29H,1-10H3,(H,30,32)(H,34,35)/b17-15+/t20-,21-,22?/m1/s1. The predicted octanol–water partition coefficient (Wildman–Crippen LogP) is 4.25. The fraction of sp³-hybridized carbons (Fsp3) is 0.593. The van der Waals surface area contributed by atoms with E-state index < -0.39 is 34.9 Å². The zero-order valence-corrected chi connectivity index (χ0v) is 23.4. The van der Waals surface area contributed by atoms with Crippen molar-refractivity contribution in [3.05, 3.63) is 46.5 Å². The largest absolute Gasteiger partial charge is 0.478 e. The van der Waals surface area contributed by atoms with Crippen LogP contribution in [-0.2, 0) is 19.8 Å². The average molecular weight is 508 g/mol. The van der Waals surface area contributed by atoms with Gasteiger partial charge in [0.2, 0.25) is 11.8 Å². The second kappa shape index (κ2) is 12.0. The number of halogens is 1. The molecule has 3 atom stereocenters. The highest BCUT2D eigenvalue weighted by Crippen LogP contribution is 2.30. The van der Waals surface area contributed by atoms with Crippen LogP contribution in [0.5, 0.6) is 0 Å². The molecule has 0 bridgehead atoms. The van der Waals surface area contributed by atoms with Gasteiger partial charge < -0.3 is 20.6 Å². The number of carbonyl (C=O) groups excluding carboxylic acids is 2. The quantitative estimate of drug-likeness (QED) is 0.411. The van der Waals surface area contributed by atoms with Crippen molar-refractivity contribution in [1.82, 2.24) is 15.5 Å². The third kappa shape index (κ3) is 7.80. The van der Waals surface area contributed by atoms with E-state index in [0.29, 0.717) is 5.02 Å². The third-order valence-corrected chi connectivity index (χ3v) is 6.75. The Morgan fingerprint density at radius 2 is 1.54 bits per heavy atom. The maximum Gasteiger partial charge on any atom is 0.331 e. The molecule has 0 aliphatic rings. The minimum absolute atomic E-state index is 0.0246. The van der Waals surface area contributed by atoms with Gasteiger partial charge in [0, 0.05) is 23.1 Å². The van der Waals surface area contributed by atoms with Crippen LogP contribution in [0.25, 0.3) is 0 Å². The van der Waals surface area contributed by atoms with Crippen LogP contribution < -0.4 is 10.6 Å². The van der Waals surface area contributed by atoms with Crippen LogP contribution in [0.3, 0.4) is 0 Å². The van der Waals surface area contributed by atoms with Gasteiger partial charge in [-0.1, -0.05) is 78.3 Å². The van der Waals surface area contributed by atoms with E-state index in [-0.39, 0.29) is 23.3 Å². The fourth-order valence-electron chi connectivity index (χ4n) is 4.17. The highest BCUT2D eigenvalue weighted by molar-refractivity contribution is 6.30. The lowest BCUT2D eigenvalue weighted by Crippen LogP contribution is -2.61. The molecule has 1 rings (SSSR count). The highest BCUT2D eigenvalue weighted by Gasteiger charge is 2.41. The Labute approximate surface area is 215 Å². The summed E-state index contributed by atoms with van der Waals surface area (Å²) < 4.78 is 0. The van der Waals surface area contributed by atoms with Crippen molar-refractivity contribution in [2.75, 3.05) is 14.1 Å². The number of carboxylic acids is 1. The number of hydrogen-bond donors (Lipinski definition) is 3. The third-order valence-electron chi connectivity index (χ3n) is 6.50. The zero-order valence-electron chi connectivity index (χ0n) is 22.7. The van der Waals surface area contributed by atoms with E-state index in [9.17, 15) is 19.5 Å². The Kier molecular flexibility index (Phi) is 10.5. The van der Waals surface area contributed by atoms with Crippen LogP contribution in [0.2, 0.25) is 5.02 Å². The molecule has 0 aliphatic carbocycles. The summed E-state index contributed by atoms with van der Waals surface area (Å²) in [6, 6.07) is 5.48. The molecule has 196 valence electrons. The molecule has 0 aromatic heterocycles. The van der Waals surface area contributed by atoms with Crippen LogP contribution in [0.15, 0.2) is 35.9 Å². The summed E-state index contributed by atoms with van der Waals surface area (Å²) in [7, 11) is 3.37. The lowest BCUT2D eigenvalue weighted by atomic mass is 9.76. The minimum Gasteiger partial charge on any atom is -0.478 e. The number of carbonyl (C=O) groups is 3. The molecule has 0 saturated heterocycles. The molecule has 1 unspecified atom stereocenters. The van der Waals surface area contributed by atoms with Crippen molar-refractivity contribution in [2.45, 2.75) is 78.9 Å². The first kappa shape index (κ1) is 30.7. The molecule has 1 aromatic carbocycles. The van der Waals surface area contributed by atoms with E-state index in [1.807, 2.05) is 60.6 Å². The molecule has 35 heavy (non-hydrogen) atoms. The van der Waals surface area contributed by atoms with Gasteiger partial charge in [0.05, 0.1) is 12.1 Å². The maximum absolute atomic E-state index is 13.7. The number of carboxylic acid groups (broad SMARTS) is 1. The normalized spacial score (nSPS) is 15.4. The van der Waals surface area contributed by atoms with Crippen molar-refractivity contribution < 1.29 is 19.5 Å². The summed E-state index contributed by atoms with van der Waals surface area (Å²) in [5.74, 6) is -1.63. The van der Waals surface area contributed by atoms with Gasteiger partial charge in [0.25, 0.3) is 0 Å². The van der Waals surface area contributed by atoms with Gasteiger partial charge in [-0.15, -0.1) is 0 Å². The molecular formula is C27H42ClN3O4. The molecule has 7 nitrogen and oxygen atoms in total. The smallest absolute Gasteiger partial charge is 0.331 e. The Morgan fingerprint density at radius 1 is 1.03 bits per heavy atom. The molecule has 0 saturated carbocycles. The Hall–Kier alpha value is -2.38. The van der Waals surface area contributed by atoms with Crippen LogP contribution in [0.4, 0.5) is 0 Å². The topological polar surface area (TPSA) is 98.7 Å². The van der Waals surface area contributed by atoms with Gasteiger partial charge >= 0.3 is 5.97 Å². The van der Waals surface area contributed by atoms with Crippen molar-refractivity contribution >= 4 is 29.4 Å². The first-order valence-electron chi connectivity index (χ1n) is 11.9. The molecule has 0 fully saturated rings. The first-order valence-corrected chi connectivity index (χ1v) is 12.2. The highest BCUT2D eigenvalue weighted by atomic mass is 35.5. The maximum atomic E-state index is 13.7. The summed E-state index contributed by atoms with van der Waals surface area (Å²) in [6.07, 6.45) is 1.59. The molecule has 3 N–H and O–H groups in total. The molecular weight excluding hydrogens is 466 g/mol. The lowest BCUT2D eigenvalue weighted by molar-refractivity contribution is -0.141. The molecule has 0 radical (unpaired) electrons. The second-order valence-electron chi connectivity index (χ2n) is 11.1. The van der Waals surface area contributed by atoms with Crippen LogP contribution in [0.1, 0.15) is 61.0 Å². The van der Waals surface area contributed by atoms with Crippen molar-refractivity contribution in [2.24, 2.45) is 11.3 Å². The van der Waals surface area contributed by atoms with Gasteiger partial charge in [-0.25, -0.2) is 4.79 Å². The molecule has 2 amide bonds. The monoisotopic (exact) mass is 507 g/mol. The molecule has 0 spiro atoms. The van der Waals surface area contributed by atoms with Crippen molar-refractivity contribution in [3.8, 4) is 0 Å². The number of nitrogens with zero attached hydrogens (tertiary/aromatic N) is 1. The van der Waals surface area contributed by atoms with E-state index in [1.54, 1.807) is 32.3 Å². The van der Waals surface area contributed by atoms with Gasteiger partial charge in [0.15, 0.2) is 0 Å². The molecule has 0 heterocycles. The number of rotatable bonds is 10. The van der Waals surface area contributed by atoms with E-state index in [1.165, 1.54) is 11.8 Å². The van der Waals surface area contributed by atoms with Gasteiger partial charge in [0.1, 0.15) is 6.04 Å². The lowest BCUT2D eigenvalue weighted by Gasteiger charge is -2.40. The predicted molar refractivity (Wildman–Crippen MR) is 142 cm³/mol. The Bertz CT molecular complexity index is 933. The SMILES string of the molecule is CN[C@H](C(=O)NC(C(=O)N(C)[C@H](/C=C(\C)C(=O)O)C(C)C)C(C)(C)C)C(C)(C)c1ccc(Cl)cc1. The van der Waals surface area contributed by atoms with Crippen molar-refractivity contribution in [3.63, 3.8) is 0 Å². The van der Waals surface area contributed by atoms with E-state index >= 15 is 0 Å². The fourth-order valence-corrected chi connectivity index (χ4v) is 4.30. The summed E-state index contributed by atoms with van der Waals surface area (Å²) in [5.41, 5.74) is -0.0830. The Balaban J connectivity index is 3.30. The number of likely N-dealkylation sites (N-methyl/N-ethyl adjacent to an activating group) is 2. The second-order valence-corrected chi connectivity index (χ2v) is 11.5. The van der Waals surface area contributed by atoms with Crippen LogP contribution in [0, 0.1) is 11.3 Å². The van der Waals surface area contributed by atoms with E-state index in [2.05, 4.69) is 10.6 Å². The van der Waals surface area contributed by atoms with E-state index in [0.717, 1.165) is 5.56 Å². The number of aliphatic carboxylic acids is 1. The average Bonchev–Trinajstić information content (AvgIpc) is 2.74. The number of hydrogen-bond acceptors (Lipinski definition) is 4. The summed E-state index contributed by atoms with van der Waals surface area (Å²) >= 11 is 6.04. The summed E-state index contributed by atoms with van der Waals surface area (Å²) in [5, 5.41) is 16.0. The minimum atomic E-state index is -1.03. The van der Waals surface area contributed by atoms with Gasteiger partial charge in [-0.3, -0.25) is 9.59 Å². The van der Waals surface area contributed by atoms with Gasteiger partial charge in [-0.05, 0) is 43.0 Å². The Morgan fingerprint density at radius 3 is 1.94 bits per heavy atom. The first-order chi connectivity index (χ1) is 15.9. The number of benzene rings is 1. The van der Waals surface area contributed by atoms with E-state index in [4.69, 9.17) is 11.6 Å².